The standard InChI is InChI=1S/C15H20O2/c1-12-9-14(12)7-8-15(10-16)17-11-13-5-3-2-4-6-13/h2-6,10,12,14-15H,7-9,11H2,1H3/t12-,14-,15-/m1/s1. The highest BCUT2D eigenvalue weighted by Crippen LogP contribution is 2.41. The zero-order chi connectivity index (χ0) is 12.1. The van der Waals surface area contributed by atoms with E-state index in [1.807, 2.05) is 30.3 Å². The van der Waals surface area contributed by atoms with Crippen molar-refractivity contribution in [1.82, 2.24) is 0 Å². The largest absolute Gasteiger partial charge is 0.366 e. The average molecular weight is 232 g/mol. The molecule has 0 aliphatic heterocycles. The van der Waals surface area contributed by atoms with Crippen LogP contribution in [0.5, 0.6) is 0 Å². The summed E-state index contributed by atoms with van der Waals surface area (Å²) in [5, 5.41) is 0. The minimum absolute atomic E-state index is 0.233. The summed E-state index contributed by atoms with van der Waals surface area (Å²) in [7, 11) is 0. The summed E-state index contributed by atoms with van der Waals surface area (Å²) in [6, 6.07) is 9.99. The first-order valence-electron chi connectivity index (χ1n) is 6.40. The van der Waals surface area contributed by atoms with Gasteiger partial charge in [-0.1, -0.05) is 37.3 Å². The molecule has 17 heavy (non-hydrogen) atoms. The minimum atomic E-state index is -0.233. The van der Waals surface area contributed by atoms with Crippen molar-refractivity contribution >= 4 is 6.29 Å². The Hall–Kier alpha value is -1.15. The summed E-state index contributed by atoms with van der Waals surface area (Å²) in [4.78, 5) is 10.9. The third-order valence-electron chi connectivity index (χ3n) is 3.56. The highest BCUT2D eigenvalue weighted by atomic mass is 16.5. The molecule has 0 heterocycles. The Morgan fingerprint density at radius 3 is 2.71 bits per heavy atom. The van der Waals surface area contributed by atoms with Gasteiger partial charge >= 0.3 is 0 Å². The minimum Gasteiger partial charge on any atom is -0.366 e. The molecule has 3 atom stereocenters. The van der Waals surface area contributed by atoms with Crippen molar-refractivity contribution in [1.29, 1.82) is 0 Å². The van der Waals surface area contributed by atoms with Crippen LogP contribution in [0.2, 0.25) is 0 Å². The molecule has 0 bridgehead atoms. The number of rotatable bonds is 7. The van der Waals surface area contributed by atoms with Gasteiger partial charge in [0.25, 0.3) is 0 Å². The second-order valence-corrected chi connectivity index (χ2v) is 5.02. The van der Waals surface area contributed by atoms with Gasteiger partial charge < -0.3 is 9.53 Å². The first-order chi connectivity index (χ1) is 8.29. The molecule has 2 heteroatoms. The van der Waals surface area contributed by atoms with Crippen LogP contribution in [0.4, 0.5) is 0 Å². The molecule has 1 fully saturated rings. The highest BCUT2D eigenvalue weighted by Gasteiger charge is 2.32. The topological polar surface area (TPSA) is 26.3 Å². The van der Waals surface area contributed by atoms with Crippen LogP contribution < -0.4 is 0 Å². The number of carbonyl (C=O) groups is 1. The number of benzene rings is 1. The van der Waals surface area contributed by atoms with E-state index < -0.39 is 0 Å². The third kappa shape index (κ3) is 3.97. The highest BCUT2D eigenvalue weighted by molar-refractivity contribution is 5.55. The Morgan fingerprint density at radius 1 is 1.41 bits per heavy atom. The summed E-state index contributed by atoms with van der Waals surface area (Å²) in [5.74, 6) is 1.69. The van der Waals surface area contributed by atoms with Gasteiger partial charge in [-0.05, 0) is 36.7 Å². The molecule has 0 amide bonds. The van der Waals surface area contributed by atoms with Crippen LogP contribution in [0.3, 0.4) is 0 Å². The maximum Gasteiger partial charge on any atom is 0.148 e. The Kier molecular flexibility index (Phi) is 4.32. The van der Waals surface area contributed by atoms with Gasteiger partial charge in [-0.2, -0.15) is 0 Å². The van der Waals surface area contributed by atoms with E-state index in [-0.39, 0.29) is 6.10 Å². The number of hydrogen-bond donors (Lipinski definition) is 0. The number of carbonyl (C=O) groups excluding carboxylic acids is 1. The van der Waals surface area contributed by atoms with Crippen molar-refractivity contribution < 1.29 is 9.53 Å². The Morgan fingerprint density at radius 2 is 2.12 bits per heavy atom. The molecule has 0 spiro atoms. The predicted octanol–water partition coefficient (Wildman–Crippen LogP) is 3.21. The molecule has 1 aromatic carbocycles. The van der Waals surface area contributed by atoms with Gasteiger partial charge in [0.15, 0.2) is 0 Å². The molecule has 2 nitrogen and oxygen atoms in total. The molecule has 0 saturated heterocycles. The van der Waals surface area contributed by atoms with Crippen LogP contribution in [-0.4, -0.2) is 12.4 Å². The van der Waals surface area contributed by atoms with E-state index in [0.29, 0.717) is 6.61 Å². The molecule has 0 unspecified atom stereocenters. The molecule has 0 N–H and O–H groups in total. The van der Waals surface area contributed by atoms with E-state index in [4.69, 9.17) is 4.74 Å². The summed E-state index contributed by atoms with van der Waals surface area (Å²) in [6.45, 7) is 2.80. The van der Waals surface area contributed by atoms with Gasteiger partial charge in [-0.3, -0.25) is 0 Å². The number of ether oxygens (including phenoxy) is 1. The van der Waals surface area contributed by atoms with Gasteiger partial charge in [-0.25, -0.2) is 0 Å². The fourth-order valence-corrected chi connectivity index (χ4v) is 2.15. The van der Waals surface area contributed by atoms with E-state index >= 15 is 0 Å². The summed E-state index contributed by atoms with van der Waals surface area (Å²) in [5.41, 5.74) is 1.12. The van der Waals surface area contributed by atoms with E-state index in [2.05, 4.69) is 6.92 Å². The maximum atomic E-state index is 10.9. The molecule has 1 aliphatic rings. The lowest BCUT2D eigenvalue weighted by molar-refractivity contribution is -0.119. The molecule has 1 saturated carbocycles. The molecule has 1 aromatic rings. The van der Waals surface area contributed by atoms with Gasteiger partial charge in [0.2, 0.25) is 0 Å². The quantitative estimate of drug-likeness (QED) is 0.675. The first kappa shape index (κ1) is 12.3. The Bertz CT molecular complexity index is 347. The van der Waals surface area contributed by atoms with Crippen LogP contribution in [0, 0.1) is 11.8 Å². The molecular formula is C15H20O2. The van der Waals surface area contributed by atoms with Crippen molar-refractivity contribution in [2.24, 2.45) is 11.8 Å². The summed E-state index contributed by atoms with van der Waals surface area (Å²) < 4.78 is 5.62. The maximum absolute atomic E-state index is 10.9. The van der Waals surface area contributed by atoms with Gasteiger partial charge in [0.1, 0.15) is 12.4 Å². The van der Waals surface area contributed by atoms with Gasteiger partial charge in [-0.15, -0.1) is 0 Å². The average Bonchev–Trinajstić information content (AvgIpc) is 3.07. The van der Waals surface area contributed by atoms with Crippen LogP contribution in [0.15, 0.2) is 30.3 Å². The SMILES string of the molecule is C[C@@H]1C[C@H]1CC[C@H](C=O)OCc1ccccc1. The fraction of sp³-hybridized carbons (Fsp3) is 0.533. The fourth-order valence-electron chi connectivity index (χ4n) is 2.15. The summed E-state index contributed by atoms with van der Waals surface area (Å²) in [6.07, 6.45) is 4.02. The normalized spacial score (nSPS) is 24.3. The lowest BCUT2D eigenvalue weighted by Crippen LogP contribution is -2.14. The monoisotopic (exact) mass is 232 g/mol. The van der Waals surface area contributed by atoms with Gasteiger partial charge in [0.05, 0.1) is 6.61 Å². The van der Waals surface area contributed by atoms with E-state index in [9.17, 15) is 4.79 Å². The number of hydrogen-bond acceptors (Lipinski definition) is 2. The van der Waals surface area contributed by atoms with E-state index in [0.717, 1.165) is 36.5 Å². The predicted molar refractivity (Wildman–Crippen MR) is 67.6 cm³/mol. The van der Waals surface area contributed by atoms with Crippen molar-refractivity contribution in [3.8, 4) is 0 Å². The van der Waals surface area contributed by atoms with Crippen molar-refractivity contribution in [3.05, 3.63) is 35.9 Å². The van der Waals surface area contributed by atoms with Crippen molar-refractivity contribution in [2.75, 3.05) is 0 Å². The summed E-state index contributed by atoms with van der Waals surface area (Å²) >= 11 is 0. The van der Waals surface area contributed by atoms with E-state index in [1.54, 1.807) is 0 Å². The number of aldehydes is 1. The Balaban J connectivity index is 1.70. The molecular weight excluding hydrogens is 212 g/mol. The van der Waals surface area contributed by atoms with Crippen LogP contribution >= 0.6 is 0 Å². The Labute approximate surface area is 103 Å². The first-order valence-corrected chi connectivity index (χ1v) is 6.40. The third-order valence-corrected chi connectivity index (χ3v) is 3.56. The molecule has 0 aromatic heterocycles. The van der Waals surface area contributed by atoms with Crippen LogP contribution in [0.25, 0.3) is 0 Å². The molecule has 0 radical (unpaired) electrons. The lowest BCUT2D eigenvalue weighted by atomic mass is 10.1. The second-order valence-electron chi connectivity index (χ2n) is 5.02. The van der Waals surface area contributed by atoms with Crippen molar-refractivity contribution in [3.63, 3.8) is 0 Å². The van der Waals surface area contributed by atoms with Crippen LogP contribution in [-0.2, 0) is 16.1 Å². The van der Waals surface area contributed by atoms with Crippen LogP contribution in [0.1, 0.15) is 31.7 Å². The molecule has 2 rings (SSSR count). The second kappa shape index (κ2) is 5.97. The smallest absolute Gasteiger partial charge is 0.148 e. The molecule has 92 valence electrons. The molecule has 1 aliphatic carbocycles. The zero-order valence-corrected chi connectivity index (χ0v) is 10.3. The van der Waals surface area contributed by atoms with E-state index in [1.165, 1.54) is 6.42 Å². The van der Waals surface area contributed by atoms with Gasteiger partial charge in [0, 0.05) is 0 Å². The van der Waals surface area contributed by atoms with Crippen molar-refractivity contribution in [2.45, 2.75) is 38.9 Å². The lowest BCUT2D eigenvalue weighted by Gasteiger charge is -2.11. The zero-order valence-electron chi connectivity index (χ0n) is 10.3.